The third-order valence-electron chi connectivity index (χ3n) is 3.41. The first-order valence-corrected chi connectivity index (χ1v) is 7.51. The monoisotopic (exact) mass is 356 g/mol. The first-order chi connectivity index (χ1) is 9.71. The van der Waals surface area contributed by atoms with Gasteiger partial charge in [-0.15, -0.1) is 0 Å². The molecule has 0 aliphatic rings. The van der Waals surface area contributed by atoms with Gasteiger partial charge in [0.1, 0.15) is 0 Å². The zero-order chi connectivity index (χ0) is 15.8. The molecule has 21 heavy (non-hydrogen) atoms. The van der Waals surface area contributed by atoms with E-state index in [0.717, 1.165) is 17.2 Å². The fourth-order valence-corrected chi connectivity index (χ4v) is 2.73. The minimum atomic E-state index is -1.44. The molecule has 0 saturated carbocycles. The molecule has 0 N–H and O–H groups in total. The molecule has 0 fully saturated rings. The maximum absolute atomic E-state index is 13.8. The molecule has 112 valence electrons. The standard InChI is InChI=1S/C17H16BrF3/c1-17(2,3)11-6-4-10(5-7-11)14(18)12-8-9-13(19)16(21)15(12)20/h4-9,14H,1-3H3. The average Bonchev–Trinajstić information content (AvgIpc) is 2.43. The molecule has 0 aliphatic heterocycles. The largest absolute Gasteiger partial charge is 0.204 e. The molecular formula is C17H16BrF3. The van der Waals surface area contributed by atoms with Gasteiger partial charge in [-0.1, -0.05) is 67.0 Å². The molecule has 0 aliphatic carbocycles. The van der Waals surface area contributed by atoms with Crippen molar-refractivity contribution in [1.29, 1.82) is 0 Å². The summed E-state index contributed by atoms with van der Waals surface area (Å²) in [5.41, 5.74) is 2.04. The second-order valence-corrected chi connectivity index (χ2v) is 6.91. The van der Waals surface area contributed by atoms with E-state index in [1.807, 2.05) is 24.3 Å². The Bertz CT molecular complexity index is 642. The Morgan fingerprint density at radius 1 is 0.857 bits per heavy atom. The number of halogens is 4. The molecule has 0 aromatic heterocycles. The minimum Gasteiger partial charge on any atom is -0.204 e. The van der Waals surface area contributed by atoms with Crippen LogP contribution >= 0.6 is 15.9 Å². The Labute approximate surface area is 131 Å². The summed E-state index contributed by atoms with van der Waals surface area (Å²) in [7, 11) is 0. The third-order valence-corrected chi connectivity index (χ3v) is 4.43. The molecule has 0 saturated heterocycles. The van der Waals surface area contributed by atoms with Crippen LogP contribution in [0.25, 0.3) is 0 Å². The maximum atomic E-state index is 13.8. The Hall–Kier alpha value is -1.29. The fraction of sp³-hybridized carbons (Fsp3) is 0.294. The molecule has 1 unspecified atom stereocenters. The van der Waals surface area contributed by atoms with E-state index in [2.05, 4.69) is 36.7 Å². The van der Waals surface area contributed by atoms with Crippen LogP contribution in [-0.4, -0.2) is 0 Å². The van der Waals surface area contributed by atoms with Crippen molar-refractivity contribution in [3.8, 4) is 0 Å². The topological polar surface area (TPSA) is 0 Å². The fourth-order valence-electron chi connectivity index (χ4n) is 2.07. The first kappa shape index (κ1) is 16.1. The van der Waals surface area contributed by atoms with Crippen LogP contribution in [0.4, 0.5) is 13.2 Å². The Balaban J connectivity index is 2.37. The van der Waals surface area contributed by atoms with Gasteiger partial charge < -0.3 is 0 Å². The lowest BCUT2D eigenvalue weighted by atomic mass is 9.86. The van der Waals surface area contributed by atoms with Gasteiger partial charge in [0.15, 0.2) is 17.5 Å². The lowest BCUT2D eigenvalue weighted by Gasteiger charge is -2.20. The van der Waals surface area contributed by atoms with Crippen molar-refractivity contribution in [1.82, 2.24) is 0 Å². The molecule has 0 nitrogen and oxygen atoms in total. The van der Waals surface area contributed by atoms with Crippen LogP contribution in [0.5, 0.6) is 0 Å². The summed E-state index contributed by atoms with van der Waals surface area (Å²) in [5, 5.41) is 0. The van der Waals surface area contributed by atoms with E-state index in [0.29, 0.717) is 0 Å². The van der Waals surface area contributed by atoms with Crippen LogP contribution < -0.4 is 0 Å². The Morgan fingerprint density at radius 3 is 1.95 bits per heavy atom. The molecule has 4 heteroatoms. The lowest BCUT2D eigenvalue weighted by Crippen LogP contribution is -2.11. The molecule has 2 rings (SSSR count). The van der Waals surface area contributed by atoms with Gasteiger partial charge in [-0.25, -0.2) is 13.2 Å². The van der Waals surface area contributed by atoms with Gasteiger partial charge in [-0.3, -0.25) is 0 Å². The van der Waals surface area contributed by atoms with E-state index < -0.39 is 22.3 Å². The molecule has 0 heterocycles. The van der Waals surface area contributed by atoms with E-state index in [1.165, 1.54) is 6.07 Å². The molecule has 0 bridgehead atoms. The molecule has 0 radical (unpaired) electrons. The van der Waals surface area contributed by atoms with Crippen LogP contribution in [0.15, 0.2) is 36.4 Å². The van der Waals surface area contributed by atoms with E-state index in [9.17, 15) is 13.2 Å². The quantitative estimate of drug-likeness (QED) is 0.465. The third kappa shape index (κ3) is 3.31. The molecule has 1 atom stereocenters. The molecule has 0 amide bonds. The Kier molecular flexibility index (Phi) is 4.47. The van der Waals surface area contributed by atoms with Crippen LogP contribution in [0, 0.1) is 17.5 Å². The molecular weight excluding hydrogens is 341 g/mol. The van der Waals surface area contributed by atoms with Crippen LogP contribution in [0.1, 0.15) is 42.3 Å². The summed E-state index contributed by atoms with van der Waals surface area (Å²) < 4.78 is 40.1. The van der Waals surface area contributed by atoms with Gasteiger partial charge in [0.25, 0.3) is 0 Å². The van der Waals surface area contributed by atoms with E-state index in [1.54, 1.807) is 0 Å². The summed E-state index contributed by atoms with van der Waals surface area (Å²) >= 11 is 3.35. The lowest BCUT2D eigenvalue weighted by molar-refractivity contribution is 0.442. The van der Waals surface area contributed by atoms with E-state index in [-0.39, 0.29) is 11.0 Å². The smallest absolute Gasteiger partial charge is 0.194 e. The second-order valence-electron chi connectivity index (χ2n) is 6.00. The number of alkyl halides is 1. The predicted molar refractivity (Wildman–Crippen MR) is 82.2 cm³/mol. The summed E-state index contributed by atoms with van der Waals surface area (Å²) in [6.07, 6.45) is 0. The second kappa shape index (κ2) is 5.84. The highest BCUT2D eigenvalue weighted by molar-refractivity contribution is 9.09. The van der Waals surface area contributed by atoms with Gasteiger partial charge >= 0.3 is 0 Å². The summed E-state index contributed by atoms with van der Waals surface area (Å²) in [6, 6.07) is 9.83. The highest BCUT2D eigenvalue weighted by atomic mass is 79.9. The SMILES string of the molecule is CC(C)(C)c1ccc(C(Br)c2ccc(F)c(F)c2F)cc1. The van der Waals surface area contributed by atoms with Crippen molar-refractivity contribution in [2.24, 2.45) is 0 Å². The van der Waals surface area contributed by atoms with Crippen molar-refractivity contribution in [2.75, 3.05) is 0 Å². The van der Waals surface area contributed by atoms with Crippen LogP contribution in [-0.2, 0) is 5.41 Å². The Morgan fingerprint density at radius 2 is 1.43 bits per heavy atom. The zero-order valence-corrected chi connectivity index (χ0v) is 13.6. The van der Waals surface area contributed by atoms with Crippen molar-refractivity contribution in [3.63, 3.8) is 0 Å². The summed E-state index contributed by atoms with van der Waals surface area (Å²) in [6.45, 7) is 6.30. The number of rotatable bonds is 2. The van der Waals surface area contributed by atoms with Crippen molar-refractivity contribution in [2.45, 2.75) is 31.0 Å². The van der Waals surface area contributed by atoms with Crippen molar-refractivity contribution < 1.29 is 13.2 Å². The average molecular weight is 357 g/mol. The van der Waals surface area contributed by atoms with Crippen molar-refractivity contribution >= 4 is 15.9 Å². The highest BCUT2D eigenvalue weighted by Crippen LogP contribution is 2.34. The number of benzene rings is 2. The van der Waals surface area contributed by atoms with E-state index >= 15 is 0 Å². The van der Waals surface area contributed by atoms with Gasteiger partial charge in [0.2, 0.25) is 0 Å². The molecule has 0 spiro atoms. The zero-order valence-electron chi connectivity index (χ0n) is 12.1. The first-order valence-electron chi connectivity index (χ1n) is 6.59. The molecule has 2 aromatic rings. The maximum Gasteiger partial charge on any atom is 0.194 e. The van der Waals surface area contributed by atoms with Gasteiger partial charge in [0, 0.05) is 5.56 Å². The van der Waals surface area contributed by atoms with Gasteiger partial charge in [0.05, 0.1) is 4.83 Å². The molecule has 2 aromatic carbocycles. The van der Waals surface area contributed by atoms with Gasteiger partial charge in [-0.05, 0) is 22.6 Å². The predicted octanol–water partition coefficient (Wildman–Crippen LogP) is 5.89. The minimum absolute atomic E-state index is 0.0214. The summed E-state index contributed by atoms with van der Waals surface area (Å²) in [4.78, 5) is -0.526. The van der Waals surface area contributed by atoms with Crippen molar-refractivity contribution in [3.05, 3.63) is 70.5 Å². The van der Waals surface area contributed by atoms with E-state index in [4.69, 9.17) is 0 Å². The normalized spacial score (nSPS) is 13.3. The van der Waals surface area contributed by atoms with Crippen LogP contribution in [0.3, 0.4) is 0 Å². The number of hydrogen-bond acceptors (Lipinski definition) is 0. The number of hydrogen-bond donors (Lipinski definition) is 0. The van der Waals surface area contributed by atoms with Crippen LogP contribution in [0.2, 0.25) is 0 Å². The summed E-state index contributed by atoms with van der Waals surface area (Å²) in [5.74, 6) is -3.78. The van der Waals surface area contributed by atoms with Gasteiger partial charge in [-0.2, -0.15) is 0 Å². The highest BCUT2D eigenvalue weighted by Gasteiger charge is 2.21.